The maximum absolute atomic E-state index is 13.6. The zero-order valence-electron chi connectivity index (χ0n) is 38.8. The third-order valence-corrected chi connectivity index (χ3v) is 22.3. The maximum atomic E-state index is 13.6. The van der Waals surface area contributed by atoms with E-state index in [1.807, 2.05) is 66.7 Å². The van der Waals surface area contributed by atoms with E-state index in [4.69, 9.17) is 38.5 Å². The minimum Gasteiger partial charge on any atom is -0.497 e. The minimum absolute atomic E-state index is 0.0563. The van der Waals surface area contributed by atoms with Crippen LogP contribution in [0.5, 0.6) is 11.5 Å². The molecule has 0 bridgehead atoms. The Balaban J connectivity index is 1.57. The van der Waals surface area contributed by atoms with Crippen LogP contribution in [0.15, 0.2) is 90.0 Å². The van der Waals surface area contributed by atoms with Crippen molar-refractivity contribution in [3.8, 4) is 11.5 Å². The first-order chi connectivity index (χ1) is 28.9. The number of methoxy groups -OCH3 is 2. The zero-order chi connectivity index (χ0) is 45.6. The highest BCUT2D eigenvalue weighted by atomic mass is 28.4. The molecular formula is C47H65N5O8Si2. The molecule has 0 unspecified atom stereocenters. The standard InChI is InChI=1S/C47H65N5O8Si2/c1-44(2,3)61(11,12)59-37-35(28-57-47(30-18-16-15-17-19-30,31-20-24-33(55-9)25-21-31)32-22-26-34(56-10)27-23-32)58-41(38(37)60-62(13,14)45(4,5)6)52-29-49-36-39(52)50-43(51-40(36)53)46(7,8)42(48)54/h15-27,29,35,37-38,41H,28H2,1-14H3,(H2,48,54)(H,50,51,53)/t35-,37-,38-,41-/m1/s1. The number of carbonyl (C=O) groups excluding carboxylic acids is 1. The molecule has 3 N–H and O–H groups in total. The Hall–Kier alpha value is -4.65. The van der Waals surface area contributed by atoms with E-state index in [1.165, 1.54) is 0 Å². The number of fused-ring (bicyclic) bond motifs is 1. The number of hydrogen-bond donors (Lipinski definition) is 2. The summed E-state index contributed by atoms with van der Waals surface area (Å²) < 4.78 is 42.6. The highest BCUT2D eigenvalue weighted by Gasteiger charge is 2.55. The van der Waals surface area contributed by atoms with Gasteiger partial charge in [0.25, 0.3) is 5.56 Å². The number of nitrogens with two attached hydrogens (primary N) is 1. The largest absolute Gasteiger partial charge is 0.497 e. The number of H-pyrrole nitrogens is 1. The number of carbonyl (C=O) groups is 1. The van der Waals surface area contributed by atoms with Gasteiger partial charge in [-0.05, 0) is 91.1 Å². The molecule has 5 aromatic rings. The van der Waals surface area contributed by atoms with E-state index in [1.54, 1.807) is 39.0 Å². The Morgan fingerprint density at radius 2 is 1.24 bits per heavy atom. The summed E-state index contributed by atoms with van der Waals surface area (Å²) in [6, 6.07) is 25.9. The molecule has 1 amide bonds. The molecular weight excluding hydrogens is 819 g/mol. The zero-order valence-corrected chi connectivity index (χ0v) is 40.8. The van der Waals surface area contributed by atoms with E-state index in [-0.39, 0.29) is 33.7 Å². The molecule has 15 heteroatoms. The monoisotopic (exact) mass is 883 g/mol. The second kappa shape index (κ2) is 17.1. The van der Waals surface area contributed by atoms with Gasteiger partial charge in [0.1, 0.15) is 46.7 Å². The van der Waals surface area contributed by atoms with Gasteiger partial charge >= 0.3 is 0 Å². The van der Waals surface area contributed by atoms with E-state index >= 15 is 0 Å². The first-order valence-electron chi connectivity index (χ1n) is 21.1. The number of imidazole rings is 1. The maximum Gasteiger partial charge on any atom is 0.279 e. The third kappa shape index (κ3) is 8.80. The van der Waals surface area contributed by atoms with Gasteiger partial charge in [0.15, 0.2) is 34.0 Å². The van der Waals surface area contributed by atoms with Crippen molar-refractivity contribution in [3.05, 3.63) is 118 Å². The minimum atomic E-state index is -2.58. The molecule has 1 saturated heterocycles. The van der Waals surface area contributed by atoms with Gasteiger partial charge in [0.2, 0.25) is 5.91 Å². The molecule has 1 fully saturated rings. The molecule has 0 aliphatic carbocycles. The Bertz CT molecular complexity index is 2350. The molecule has 0 spiro atoms. The first kappa shape index (κ1) is 46.8. The third-order valence-electron chi connectivity index (χ3n) is 13.3. The average molecular weight is 884 g/mol. The summed E-state index contributed by atoms with van der Waals surface area (Å²) in [5.74, 6) is 0.897. The van der Waals surface area contributed by atoms with Crippen LogP contribution >= 0.6 is 0 Å². The second-order valence-corrected chi connectivity index (χ2v) is 29.3. The number of primary amides is 1. The van der Waals surface area contributed by atoms with Crippen molar-refractivity contribution in [1.82, 2.24) is 19.5 Å². The van der Waals surface area contributed by atoms with Crippen LogP contribution in [-0.4, -0.2) is 81.2 Å². The normalized spacial score (nSPS) is 19.2. The number of rotatable bonds is 15. The summed E-state index contributed by atoms with van der Waals surface area (Å²) in [5.41, 5.74) is 5.84. The topological polar surface area (TPSA) is 162 Å². The van der Waals surface area contributed by atoms with Crippen molar-refractivity contribution < 1.29 is 32.6 Å². The summed E-state index contributed by atoms with van der Waals surface area (Å²) in [6.07, 6.45) is -1.36. The number of aromatic nitrogens is 4. The molecule has 13 nitrogen and oxygen atoms in total. The van der Waals surface area contributed by atoms with Crippen LogP contribution in [0.2, 0.25) is 36.3 Å². The Kier molecular flexibility index (Phi) is 13.0. The number of amides is 1. The van der Waals surface area contributed by atoms with E-state index in [0.717, 1.165) is 16.7 Å². The van der Waals surface area contributed by atoms with Gasteiger partial charge in [-0.1, -0.05) is 96.1 Å². The molecule has 4 atom stereocenters. The van der Waals surface area contributed by atoms with E-state index in [0.29, 0.717) is 11.5 Å². The SMILES string of the molecule is COc1ccc(C(OC[C@H]2O[C@@H](n3cnc4c(=O)[nH]c(C(C)(C)C(N)=O)nc43)[C@H](O[Si](C)(C)C(C)(C)C)[C@@H]2O[Si](C)(C)C(C)(C)C)(c2ccccc2)c2ccc(OC)cc2)cc1. The Morgan fingerprint density at radius 1 is 0.758 bits per heavy atom. The summed E-state index contributed by atoms with van der Waals surface area (Å²) in [4.78, 5) is 38.4. The lowest BCUT2D eigenvalue weighted by Gasteiger charge is -2.44. The molecule has 3 aromatic carbocycles. The van der Waals surface area contributed by atoms with Crippen molar-refractivity contribution in [3.63, 3.8) is 0 Å². The lowest BCUT2D eigenvalue weighted by atomic mass is 9.80. The lowest BCUT2D eigenvalue weighted by molar-refractivity contribution is -0.122. The number of nitrogens with zero attached hydrogens (tertiary/aromatic N) is 3. The van der Waals surface area contributed by atoms with Crippen molar-refractivity contribution >= 4 is 33.7 Å². The van der Waals surface area contributed by atoms with Crippen molar-refractivity contribution in [1.29, 1.82) is 0 Å². The predicted octanol–water partition coefficient (Wildman–Crippen LogP) is 8.59. The van der Waals surface area contributed by atoms with Gasteiger partial charge in [-0.3, -0.25) is 14.2 Å². The molecule has 62 heavy (non-hydrogen) atoms. The number of aromatic amines is 1. The van der Waals surface area contributed by atoms with Crippen molar-refractivity contribution in [2.75, 3.05) is 20.8 Å². The smallest absolute Gasteiger partial charge is 0.279 e. The number of hydrogen-bond acceptors (Lipinski definition) is 10. The van der Waals surface area contributed by atoms with Crippen LogP contribution in [0.1, 0.15) is 84.1 Å². The van der Waals surface area contributed by atoms with Gasteiger partial charge in [0.05, 0.1) is 27.2 Å². The molecule has 2 aromatic heterocycles. The summed E-state index contributed by atoms with van der Waals surface area (Å²) in [6.45, 7) is 25.3. The molecule has 6 rings (SSSR count). The predicted molar refractivity (Wildman–Crippen MR) is 247 cm³/mol. The summed E-state index contributed by atoms with van der Waals surface area (Å²) >= 11 is 0. The number of benzene rings is 3. The molecule has 0 radical (unpaired) electrons. The molecule has 1 aliphatic heterocycles. The van der Waals surface area contributed by atoms with Crippen LogP contribution in [0.3, 0.4) is 0 Å². The van der Waals surface area contributed by atoms with Crippen LogP contribution in [-0.2, 0) is 34.1 Å². The Morgan fingerprint density at radius 3 is 1.71 bits per heavy atom. The van der Waals surface area contributed by atoms with Crippen LogP contribution in [0, 0.1) is 0 Å². The van der Waals surface area contributed by atoms with Crippen LogP contribution in [0.25, 0.3) is 11.2 Å². The fourth-order valence-electron chi connectivity index (χ4n) is 7.17. The van der Waals surface area contributed by atoms with E-state index in [2.05, 4.69) is 89.8 Å². The second-order valence-electron chi connectivity index (χ2n) is 19.8. The molecule has 334 valence electrons. The van der Waals surface area contributed by atoms with Gasteiger partial charge in [-0.25, -0.2) is 9.97 Å². The Labute approximate surface area is 367 Å². The van der Waals surface area contributed by atoms with E-state index < -0.39 is 63.7 Å². The lowest BCUT2D eigenvalue weighted by Crippen LogP contribution is -2.54. The van der Waals surface area contributed by atoms with Crippen molar-refractivity contribution in [2.24, 2.45) is 5.73 Å². The van der Waals surface area contributed by atoms with Crippen molar-refractivity contribution in [2.45, 2.75) is 127 Å². The fourth-order valence-corrected chi connectivity index (χ4v) is 9.78. The van der Waals surface area contributed by atoms with Crippen LogP contribution < -0.4 is 20.8 Å². The summed E-state index contributed by atoms with van der Waals surface area (Å²) in [5, 5.41) is -0.367. The van der Waals surface area contributed by atoms with E-state index in [9.17, 15) is 9.59 Å². The molecule has 3 heterocycles. The van der Waals surface area contributed by atoms with Gasteiger partial charge < -0.3 is 38.5 Å². The first-order valence-corrected chi connectivity index (χ1v) is 27.0. The molecule has 1 aliphatic rings. The number of nitrogens with one attached hydrogen (secondary N) is 1. The highest BCUT2D eigenvalue weighted by Crippen LogP contribution is 2.48. The van der Waals surface area contributed by atoms with Gasteiger partial charge in [-0.15, -0.1) is 0 Å². The number of ether oxygens (including phenoxy) is 4. The van der Waals surface area contributed by atoms with Gasteiger partial charge in [-0.2, -0.15) is 0 Å². The average Bonchev–Trinajstić information content (AvgIpc) is 3.78. The van der Waals surface area contributed by atoms with Gasteiger partial charge in [0, 0.05) is 0 Å². The fraction of sp³-hybridized carbons (Fsp3) is 0.489. The quantitative estimate of drug-likeness (QED) is 0.0770. The van der Waals surface area contributed by atoms with Crippen LogP contribution in [0.4, 0.5) is 0 Å². The molecule has 0 saturated carbocycles. The highest BCUT2D eigenvalue weighted by molar-refractivity contribution is 6.74. The summed E-state index contributed by atoms with van der Waals surface area (Å²) in [7, 11) is -1.85.